The third-order valence-electron chi connectivity index (χ3n) is 3.57. The number of hydrogen-bond acceptors (Lipinski definition) is 6. The quantitative estimate of drug-likeness (QED) is 0.728. The number of hydrogen-bond donors (Lipinski definition) is 3. The van der Waals surface area contributed by atoms with Gasteiger partial charge in [-0.15, -0.1) is 0 Å². The van der Waals surface area contributed by atoms with Gasteiger partial charge in [0.15, 0.2) is 11.5 Å². The number of aromatic amines is 1. The van der Waals surface area contributed by atoms with Crippen molar-refractivity contribution in [2.24, 2.45) is 0 Å². The second-order valence-corrected chi connectivity index (χ2v) is 4.92. The maximum Gasteiger partial charge on any atom is 0.182 e. The van der Waals surface area contributed by atoms with Crippen molar-refractivity contribution in [2.45, 2.75) is 18.4 Å². The normalized spacial score (nSPS) is 23.0. The Morgan fingerprint density at radius 1 is 1.42 bits per heavy atom. The number of imidazole rings is 1. The van der Waals surface area contributed by atoms with Gasteiger partial charge in [-0.25, -0.2) is 15.0 Å². The smallest absolute Gasteiger partial charge is 0.182 e. The minimum atomic E-state index is -0.00789. The number of methoxy groups -OCH3 is 1. The van der Waals surface area contributed by atoms with Gasteiger partial charge in [0.25, 0.3) is 0 Å². The SMILES string of the molecule is COCC1(CNc2ncnc3nc[nH]c23)CCCN1. The van der Waals surface area contributed by atoms with Crippen LogP contribution in [0, 0.1) is 0 Å². The van der Waals surface area contributed by atoms with Crippen LogP contribution in [0.1, 0.15) is 12.8 Å². The molecule has 0 aliphatic carbocycles. The van der Waals surface area contributed by atoms with Gasteiger partial charge in [0.05, 0.1) is 18.5 Å². The molecular weight excluding hydrogens is 244 g/mol. The summed E-state index contributed by atoms with van der Waals surface area (Å²) in [5.74, 6) is 0.784. The fourth-order valence-electron chi connectivity index (χ4n) is 2.62. The summed E-state index contributed by atoms with van der Waals surface area (Å²) in [6.07, 6.45) is 5.43. The molecule has 1 atom stereocenters. The van der Waals surface area contributed by atoms with E-state index in [-0.39, 0.29) is 5.54 Å². The Bertz CT molecular complexity index is 548. The molecule has 1 fully saturated rings. The van der Waals surface area contributed by atoms with Crippen molar-refractivity contribution < 1.29 is 4.74 Å². The monoisotopic (exact) mass is 262 g/mol. The highest BCUT2D eigenvalue weighted by atomic mass is 16.5. The highest BCUT2D eigenvalue weighted by molar-refractivity contribution is 5.81. The maximum absolute atomic E-state index is 5.33. The average Bonchev–Trinajstić information content (AvgIpc) is 3.06. The summed E-state index contributed by atoms with van der Waals surface area (Å²) >= 11 is 0. The summed E-state index contributed by atoms with van der Waals surface area (Å²) < 4.78 is 5.33. The molecule has 7 heteroatoms. The molecule has 0 amide bonds. The molecule has 102 valence electrons. The fraction of sp³-hybridized carbons (Fsp3) is 0.583. The largest absolute Gasteiger partial charge is 0.383 e. The zero-order chi connectivity index (χ0) is 13.1. The summed E-state index contributed by atoms with van der Waals surface area (Å²) in [6, 6.07) is 0. The van der Waals surface area contributed by atoms with E-state index in [1.54, 1.807) is 13.4 Å². The standard InChI is InChI=1S/C12H18N6O/c1-19-6-12(3-2-4-18-12)5-13-10-9-11(15-7-14-9)17-8-16-10/h7-8,18H,2-6H2,1H3,(H2,13,14,15,16,17). The van der Waals surface area contributed by atoms with E-state index in [1.807, 2.05) is 0 Å². The lowest BCUT2D eigenvalue weighted by molar-refractivity contribution is 0.127. The molecule has 1 aliphatic heterocycles. The molecule has 2 aromatic rings. The van der Waals surface area contributed by atoms with Crippen LogP contribution in [-0.2, 0) is 4.74 Å². The van der Waals surface area contributed by atoms with Crippen LogP contribution in [0.15, 0.2) is 12.7 Å². The Balaban J connectivity index is 1.76. The van der Waals surface area contributed by atoms with Gasteiger partial charge in [0, 0.05) is 13.7 Å². The zero-order valence-corrected chi connectivity index (χ0v) is 10.9. The zero-order valence-electron chi connectivity index (χ0n) is 10.9. The summed E-state index contributed by atoms with van der Waals surface area (Å²) in [6.45, 7) is 2.50. The van der Waals surface area contributed by atoms with E-state index in [4.69, 9.17) is 4.74 Å². The number of nitrogens with one attached hydrogen (secondary N) is 3. The maximum atomic E-state index is 5.33. The number of anilines is 1. The molecule has 1 unspecified atom stereocenters. The van der Waals surface area contributed by atoms with Crippen molar-refractivity contribution in [2.75, 3.05) is 32.1 Å². The van der Waals surface area contributed by atoms with Gasteiger partial charge < -0.3 is 20.4 Å². The number of ether oxygens (including phenoxy) is 1. The van der Waals surface area contributed by atoms with Crippen LogP contribution < -0.4 is 10.6 Å². The van der Waals surface area contributed by atoms with E-state index in [9.17, 15) is 0 Å². The molecule has 3 heterocycles. The van der Waals surface area contributed by atoms with Gasteiger partial charge in [0.1, 0.15) is 11.8 Å². The first-order chi connectivity index (χ1) is 9.33. The number of fused-ring (bicyclic) bond motifs is 1. The Labute approximate surface area is 111 Å². The Morgan fingerprint density at radius 2 is 2.37 bits per heavy atom. The lowest BCUT2D eigenvalue weighted by Gasteiger charge is -2.29. The molecule has 0 spiro atoms. The third-order valence-corrected chi connectivity index (χ3v) is 3.57. The van der Waals surface area contributed by atoms with Crippen LogP contribution in [0.2, 0.25) is 0 Å². The van der Waals surface area contributed by atoms with Crippen molar-refractivity contribution in [3.8, 4) is 0 Å². The van der Waals surface area contributed by atoms with Crippen LogP contribution in [0.4, 0.5) is 5.82 Å². The number of rotatable bonds is 5. The first kappa shape index (κ1) is 12.3. The summed E-state index contributed by atoms with van der Waals surface area (Å²) in [4.78, 5) is 15.6. The predicted octanol–water partition coefficient (Wildman–Crippen LogP) is 0.533. The molecule has 1 aliphatic rings. The van der Waals surface area contributed by atoms with Crippen LogP contribution in [0.25, 0.3) is 11.2 Å². The Hall–Kier alpha value is -1.73. The molecule has 2 aromatic heterocycles. The highest BCUT2D eigenvalue weighted by Gasteiger charge is 2.33. The van der Waals surface area contributed by atoms with Crippen molar-refractivity contribution in [3.63, 3.8) is 0 Å². The van der Waals surface area contributed by atoms with Gasteiger partial charge in [-0.1, -0.05) is 0 Å². The minimum absolute atomic E-state index is 0.00789. The lowest BCUT2D eigenvalue weighted by Crippen LogP contribution is -2.49. The van der Waals surface area contributed by atoms with Crippen molar-refractivity contribution >= 4 is 17.0 Å². The van der Waals surface area contributed by atoms with Crippen molar-refractivity contribution in [1.82, 2.24) is 25.3 Å². The summed E-state index contributed by atoms with van der Waals surface area (Å²) in [5.41, 5.74) is 1.51. The second kappa shape index (κ2) is 5.10. The van der Waals surface area contributed by atoms with E-state index in [0.717, 1.165) is 30.8 Å². The van der Waals surface area contributed by atoms with Crippen LogP contribution in [0.3, 0.4) is 0 Å². The lowest BCUT2D eigenvalue weighted by atomic mass is 9.99. The van der Waals surface area contributed by atoms with E-state index in [1.165, 1.54) is 12.7 Å². The first-order valence-corrected chi connectivity index (χ1v) is 6.45. The van der Waals surface area contributed by atoms with Crippen LogP contribution in [0.5, 0.6) is 0 Å². The molecule has 0 aromatic carbocycles. The first-order valence-electron chi connectivity index (χ1n) is 6.45. The summed E-state index contributed by atoms with van der Waals surface area (Å²) in [5, 5.41) is 6.90. The minimum Gasteiger partial charge on any atom is -0.383 e. The molecule has 3 N–H and O–H groups in total. The number of H-pyrrole nitrogens is 1. The molecule has 0 saturated carbocycles. The van der Waals surface area contributed by atoms with E-state index in [2.05, 4.69) is 30.6 Å². The topological polar surface area (TPSA) is 87.8 Å². The van der Waals surface area contributed by atoms with Gasteiger partial charge in [-0.2, -0.15) is 0 Å². The van der Waals surface area contributed by atoms with Crippen molar-refractivity contribution in [1.29, 1.82) is 0 Å². The molecular formula is C12H18N6O. The van der Waals surface area contributed by atoms with Gasteiger partial charge in [-0.3, -0.25) is 0 Å². The molecule has 0 radical (unpaired) electrons. The van der Waals surface area contributed by atoms with E-state index >= 15 is 0 Å². The van der Waals surface area contributed by atoms with Gasteiger partial charge in [0.2, 0.25) is 0 Å². The number of nitrogens with zero attached hydrogens (tertiary/aromatic N) is 3. The average molecular weight is 262 g/mol. The van der Waals surface area contributed by atoms with Gasteiger partial charge >= 0.3 is 0 Å². The van der Waals surface area contributed by atoms with Gasteiger partial charge in [-0.05, 0) is 19.4 Å². The van der Waals surface area contributed by atoms with Crippen LogP contribution >= 0.6 is 0 Å². The Morgan fingerprint density at radius 3 is 3.16 bits per heavy atom. The molecule has 1 saturated heterocycles. The Kier molecular flexibility index (Phi) is 3.31. The number of aromatic nitrogens is 4. The second-order valence-electron chi connectivity index (χ2n) is 4.92. The van der Waals surface area contributed by atoms with E-state index in [0.29, 0.717) is 12.3 Å². The molecule has 7 nitrogen and oxygen atoms in total. The fourth-order valence-corrected chi connectivity index (χ4v) is 2.62. The molecule has 0 bridgehead atoms. The summed E-state index contributed by atoms with van der Waals surface area (Å²) in [7, 11) is 1.74. The van der Waals surface area contributed by atoms with E-state index < -0.39 is 0 Å². The van der Waals surface area contributed by atoms with Crippen molar-refractivity contribution in [3.05, 3.63) is 12.7 Å². The van der Waals surface area contributed by atoms with Crippen LogP contribution in [-0.4, -0.2) is 52.3 Å². The highest BCUT2D eigenvalue weighted by Crippen LogP contribution is 2.22. The molecule has 3 rings (SSSR count). The third kappa shape index (κ3) is 2.39. The predicted molar refractivity (Wildman–Crippen MR) is 72.0 cm³/mol. The molecule has 19 heavy (non-hydrogen) atoms.